The maximum Gasteiger partial charge on any atom is 0.416 e. The zero-order valence-electron chi connectivity index (χ0n) is 16.5. The second-order valence-corrected chi connectivity index (χ2v) is 7.29. The first-order valence-electron chi connectivity index (χ1n) is 9.46. The number of alkyl halides is 3. The Balaban J connectivity index is 1.75. The van der Waals surface area contributed by atoms with E-state index in [9.17, 15) is 18.0 Å². The summed E-state index contributed by atoms with van der Waals surface area (Å²) in [5.74, 6) is -0.267. The molecule has 2 aromatic rings. The van der Waals surface area contributed by atoms with Crippen LogP contribution >= 0.6 is 0 Å². The molecular formula is C21H21F3N4O2. The number of nitrogens with zero attached hydrogens (tertiary/aromatic N) is 3. The summed E-state index contributed by atoms with van der Waals surface area (Å²) in [6, 6.07) is 8.22. The van der Waals surface area contributed by atoms with E-state index in [-0.39, 0.29) is 18.5 Å². The molecule has 1 fully saturated rings. The van der Waals surface area contributed by atoms with Crippen molar-refractivity contribution in [3.8, 4) is 0 Å². The van der Waals surface area contributed by atoms with Gasteiger partial charge in [0.25, 0.3) is 5.91 Å². The van der Waals surface area contributed by atoms with Crippen LogP contribution in [0.5, 0.6) is 0 Å². The predicted molar refractivity (Wildman–Crippen MR) is 105 cm³/mol. The predicted octanol–water partition coefficient (Wildman–Crippen LogP) is 3.00. The molecule has 1 aromatic carbocycles. The minimum atomic E-state index is -4.43. The summed E-state index contributed by atoms with van der Waals surface area (Å²) in [7, 11) is 1.57. The van der Waals surface area contributed by atoms with Gasteiger partial charge >= 0.3 is 6.18 Å². The normalized spacial score (nSPS) is 19.5. The van der Waals surface area contributed by atoms with Crippen molar-refractivity contribution in [3.63, 3.8) is 0 Å². The number of carbonyl (C=O) groups is 1. The molecule has 3 heterocycles. The van der Waals surface area contributed by atoms with Crippen molar-refractivity contribution < 1.29 is 22.7 Å². The van der Waals surface area contributed by atoms with Crippen molar-refractivity contribution >= 4 is 17.2 Å². The number of aromatic nitrogens is 1. The molecule has 9 heteroatoms. The second-order valence-electron chi connectivity index (χ2n) is 7.29. The van der Waals surface area contributed by atoms with Crippen LogP contribution in [0.15, 0.2) is 48.3 Å². The van der Waals surface area contributed by atoms with Crippen molar-refractivity contribution in [1.82, 2.24) is 15.4 Å². The van der Waals surface area contributed by atoms with E-state index >= 15 is 0 Å². The number of nitrogens with one attached hydrogen (secondary N) is 1. The number of fused-ring (bicyclic) bond motifs is 1. The molecule has 1 saturated heterocycles. The fourth-order valence-electron chi connectivity index (χ4n) is 3.86. The van der Waals surface area contributed by atoms with Crippen LogP contribution in [0, 0.1) is 6.92 Å². The van der Waals surface area contributed by atoms with Crippen molar-refractivity contribution in [1.29, 1.82) is 0 Å². The zero-order chi connectivity index (χ0) is 21.5. The number of hydrogen-bond acceptors (Lipinski definition) is 5. The van der Waals surface area contributed by atoms with Crippen LogP contribution in [0.1, 0.15) is 16.8 Å². The smallest absolute Gasteiger partial charge is 0.382 e. The van der Waals surface area contributed by atoms with Crippen LogP contribution in [0.25, 0.3) is 5.57 Å². The van der Waals surface area contributed by atoms with Gasteiger partial charge in [0, 0.05) is 36.8 Å². The highest BCUT2D eigenvalue weighted by Crippen LogP contribution is 2.35. The Morgan fingerprint density at radius 2 is 1.97 bits per heavy atom. The van der Waals surface area contributed by atoms with Crippen LogP contribution in [0.2, 0.25) is 0 Å². The van der Waals surface area contributed by atoms with Crippen LogP contribution in [-0.4, -0.2) is 48.7 Å². The maximum absolute atomic E-state index is 13.4. The third-order valence-electron chi connectivity index (χ3n) is 5.27. The Morgan fingerprint density at radius 3 is 2.60 bits per heavy atom. The summed E-state index contributed by atoms with van der Waals surface area (Å²) in [5.41, 5.74) is 5.93. The molecule has 1 aromatic heterocycles. The number of benzene rings is 1. The van der Waals surface area contributed by atoms with Crippen LogP contribution in [-0.2, 0) is 15.7 Å². The van der Waals surface area contributed by atoms with Gasteiger partial charge in [-0.15, -0.1) is 0 Å². The van der Waals surface area contributed by atoms with Crippen molar-refractivity contribution in [2.24, 2.45) is 0 Å². The topological polar surface area (TPSA) is 57.7 Å². The lowest BCUT2D eigenvalue weighted by molar-refractivity contribution is -0.137. The number of methoxy groups -OCH3 is 1. The molecule has 1 atom stereocenters. The third kappa shape index (κ3) is 3.66. The monoisotopic (exact) mass is 418 g/mol. The third-order valence-corrected chi connectivity index (χ3v) is 5.27. The van der Waals surface area contributed by atoms with Crippen LogP contribution in [0.3, 0.4) is 0 Å². The molecule has 1 amide bonds. The number of pyridine rings is 1. The summed E-state index contributed by atoms with van der Waals surface area (Å²) in [6.45, 7) is 2.98. The first-order chi connectivity index (χ1) is 14.3. The number of halogens is 3. The van der Waals surface area contributed by atoms with Gasteiger partial charge < -0.3 is 9.64 Å². The zero-order valence-corrected chi connectivity index (χ0v) is 16.5. The van der Waals surface area contributed by atoms with Crippen LogP contribution < -0.4 is 10.3 Å². The highest BCUT2D eigenvalue weighted by atomic mass is 19.4. The fourth-order valence-corrected chi connectivity index (χ4v) is 3.86. The molecule has 1 N–H and O–H groups in total. The SMILES string of the molecule is COCC1CN(c2ccc(C(F)(F)F)cc2)C(=O)C2=C(c3ccnc(C)c3)CNN21. The van der Waals surface area contributed by atoms with E-state index in [0.29, 0.717) is 24.5 Å². The molecule has 0 bridgehead atoms. The Hall–Kier alpha value is -2.91. The summed E-state index contributed by atoms with van der Waals surface area (Å²) >= 11 is 0. The van der Waals surface area contributed by atoms with Gasteiger partial charge in [-0.3, -0.25) is 14.8 Å². The minimum absolute atomic E-state index is 0.189. The van der Waals surface area contributed by atoms with Gasteiger partial charge in [-0.25, -0.2) is 5.43 Å². The van der Waals surface area contributed by atoms with Crippen LogP contribution in [0.4, 0.5) is 18.9 Å². The Labute approximate surface area is 171 Å². The Bertz CT molecular complexity index is 988. The quantitative estimate of drug-likeness (QED) is 0.828. The first-order valence-corrected chi connectivity index (χ1v) is 9.46. The van der Waals surface area contributed by atoms with E-state index in [1.807, 2.05) is 24.1 Å². The summed E-state index contributed by atoms with van der Waals surface area (Å²) < 4.78 is 44.1. The molecule has 2 aliphatic heterocycles. The number of rotatable bonds is 4. The number of hydrogen-bond donors (Lipinski definition) is 1. The maximum atomic E-state index is 13.4. The van der Waals surface area contributed by atoms with E-state index in [1.165, 1.54) is 17.0 Å². The lowest BCUT2D eigenvalue weighted by Crippen LogP contribution is -2.58. The molecule has 30 heavy (non-hydrogen) atoms. The highest BCUT2D eigenvalue weighted by Gasteiger charge is 2.42. The van der Waals surface area contributed by atoms with Gasteiger partial charge in [-0.2, -0.15) is 13.2 Å². The van der Waals surface area contributed by atoms with Crippen molar-refractivity contribution in [2.75, 3.05) is 31.7 Å². The molecule has 4 rings (SSSR count). The number of piperazine rings is 1. The van der Waals surface area contributed by atoms with Gasteiger partial charge in [0.1, 0.15) is 5.70 Å². The number of hydrazine groups is 1. The van der Waals surface area contributed by atoms with E-state index in [1.54, 1.807) is 13.3 Å². The van der Waals surface area contributed by atoms with E-state index in [2.05, 4.69) is 10.4 Å². The number of anilines is 1. The highest BCUT2D eigenvalue weighted by molar-refractivity contribution is 6.11. The summed E-state index contributed by atoms with van der Waals surface area (Å²) in [5, 5.41) is 1.82. The van der Waals surface area contributed by atoms with Gasteiger partial charge in [0.2, 0.25) is 0 Å². The second kappa shape index (κ2) is 7.73. The van der Waals surface area contributed by atoms with E-state index in [4.69, 9.17) is 4.74 Å². The van der Waals surface area contributed by atoms with Gasteiger partial charge in [-0.05, 0) is 48.9 Å². The lowest BCUT2D eigenvalue weighted by atomic mass is 10.0. The van der Waals surface area contributed by atoms with Gasteiger partial charge in [0.05, 0.1) is 24.8 Å². The standard InChI is InChI=1S/C21H21F3N4O2/c1-13-9-14(7-8-25-13)18-10-26-28-17(12-30-2)11-27(20(29)19(18)28)16-5-3-15(4-6-16)21(22,23)24/h3-9,17,26H,10-12H2,1-2H3. The summed E-state index contributed by atoms with van der Waals surface area (Å²) in [6.07, 6.45) is -2.74. The molecule has 6 nitrogen and oxygen atoms in total. The minimum Gasteiger partial charge on any atom is -0.382 e. The molecule has 0 aliphatic carbocycles. The molecular weight excluding hydrogens is 397 g/mol. The van der Waals surface area contributed by atoms with E-state index < -0.39 is 11.7 Å². The number of ether oxygens (including phenoxy) is 1. The molecule has 0 saturated carbocycles. The number of carbonyl (C=O) groups excluding carboxylic acids is 1. The van der Waals surface area contributed by atoms with Gasteiger partial charge in [-0.1, -0.05) is 0 Å². The summed E-state index contributed by atoms with van der Waals surface area (Å²) in [4.78, 5) is 19.1. The van der Waals surface area contributed by atoms with Gasteiger partial charge in [0.15, 0.2) is 0 Å². The molecule has 1 unspecified atom stereocenters. The van der Waals surface area contributed by atoms with Crippen molar-refractivity contribution in [2.45, 2.75) is 19.1 Å². The lowest BCUT2D eigenvalue weighted by Gasteiger charge is -2.41. The molecule has 158 valence electrons. The average Bonchev–Trinajstić information content (AvgIpc) is 3.16. The van der Waals surface area contributed by atoms with E-state index in [0.717, 1.165) is 29.0 Å². The Kier molecular flexibility index (Phi) is 5.25. The number of amides is 1. The molecule has 0 radical (unpaired) electrons. The molecule has 2 aliphatic rings. The largest absolute Gasteiger partial charge is 0.416 e. The first kappa shape index (κ1) is 20.4. The number of aryl methyl sites for hydroxylation is 1. The fraction of sp³-hybridized carbons (Fsp3) is 0.333. The molecule has 0 spiro atoms. The average molecular weight is 418 g/mol. The Morgan fingerprint density at radius 1 is 1.23 bits per heavy atom. The van der Waals surface area contributed by atoms with Crippen molar-refractivity contribution in [3.05, 3.63) is 65.1 Å².